The molecular weight excluding hydrogens is 226 g/mol. The van der Waals surface area contributed by atoms with E-state index in [0.29, 0.717) is 5.28 Å². The molecule has 0 N–H and O–H groups in total. The summed E-state index contributed by atoms with van der Waals surface area (Å²) < 4.78 is 6.96. The lowest BCUT2D eigenvalue weighted by atomic mass is 10.1. The largest absolute Gasteiger partial charge is 0.497 e. The monoisotopic (exact) mass is 237 g/mol. The second kappa shape index (κ2) is 4.99. The van der Waals surface area contributed by atoms with Gasteiger partial charge in [0.1, 0.15) is 12.1 Å². The van der Waals surface area contributed by atoms with Crippen molar-refractivity contribution in [2.24, 2.45) is 0 Å². The van der Waals surface area contributed by atoms with Gasteiger partial charge in [0.05, 0.1) is 7.11 Å². The van der Waals surface area contributed by atoms with E-state index in [0.717, 1.165) is 18.7 Å². The highest BCUT2D eigenvalue weighted by Gasteiger charge is 2.01. The molecule has 4 nitrogen and oxygen atoms in total. The molecule has 0 saturated carbocycles. The van der Waals surface area contributed by atoms with Gasteiger partial charge in [-0.05, 0) is 35.7 Å². The Kier molecular flexibility index (Phi) is 3.41. The predicted octanol–water partition coefficient (Wildman–Crippen LogP) is 2.18. The molecule has 1 heterocycles. The normalized spacial score (nSPS) is 10.4. The minimum Gasteiger partial charge on any atom is -0.497 e. The molecule has 84 valence electrons. The number of benzene rings is 1. The van der Waals surface area contributed by atoms with Gasteiger partial charge in [-0.3, -0.25) is 0 Å². The minimum absolute atomic E-state index is 0.419. The van der Waals surface area contributed by atoms with Gasteiger partial charge in [-0.25, -0.2) is 0 Å². The summed E-state index contributed by atoms with van der Waals surface area (Å²) in [7, 11) is 1.66. The van der Waals surface area contributed by atoms with E-state index in [4.69, 9.17) is 16.3 Å². The van der Waals surface area contributed by atoms with Crippen LogP contribution in [0.3, 0.4) is 0 Å². The van der Waals surface area contributed by atoms with Crippen molar-refractivity contribution in [2.45, 2.75) is 13.0 Å². The number of rotatable bonds is 4. The summed E-state index contributed by atoms with van der Waals surface area (Å²) >= 11 is 5.83. The van der Waals surface area contributed by atoms with Gasteiger partial charge in [0.25, 0.3) is 0 Å². The van der Waals surface area contributed by atoms with Gasteiger partial charge in [0.15, 0.2) is 0 Å². The predicted molar refractivity (Wildman–Crippen MR) is 61.7 cm³/mol. The van der Waals surface area contributed by atoms with Crippen LogP contribution in [0.4, 0.5) is 0 Å². The molecule has 5 heteroatoms. The Hall–Kier alpha value is -1.55. The van der Waals surface area contributed by atoms with E-state index >= 15 is 0 Å². The van der Waals surface area contributed by atoms with Crippen molar-refractivity contribution in [3.63, 3.8) is 0 Å². The summed E-state index contributed by atoms with van der Waals surface area (Å²) in [6.07, 6.45) is 2.50. The quantitative estimate of drug-likeness (QED) is 0.818. The second-order valence-electron chi connectivity index (χ2n) is 3.39. The van der Waals surface area contributed by atoms with Gasteiger partial charge in [0, 0.05) is 6.54 Å². The van der Waals surface area contributed by atoms with Gasteiger partial charge in [0.2, 0.25) is 5.28 Å². The fourth-order valence-electron chi connectivity index (χ4n) is 1.47. The zero-order valence-corrected chi connectivity index (χ0v) is 9.68. The van der Waals surface area contributed by atoms with Crippen LogP contribution in [0.25, 0.3) is 0 Å². The van der Waals surface area contributed by atoms with E-state index in [9.17, 15) is 0 Å². The van der Waals surface area contributed by atoms with Crippen molar-refractivity contribution in [1.29, 1.82) is 0 Å². The summed E-state index contributed by atoms with van der Waals surface area (Å²) in [4.78, 5) is 0. The van der Waals surface area contributed by atoms with E-state index in [-0.39, 0.29) is 0 Å². The minimum atomic E-state index is 0.419. The molecule has 1 aromatic heterocycles. The molecule has 0 unspecified atom stereocenters. The van der Waals surface area contributed by atoms with Crippen LogP contribution >= 0.6 is 11.6 Å². The summed E-state index contributed by atoms with van der Waals surface area (Å²) in [6.45, 7) is 0.763. The van der Waals surface area contributed by atoms with Gasteiger partial charge in [-0.1, -0.05) is 12.1 Å². The zero-order valence-electron chi connectivity index (χ0n) is 8.93. The Bertz CT molecular complexity index is 470. The topological polar surface area (TPSA) is 39.9 Å². The van der Waals surface area contributed by atoms with Crippen LogP contribution in [0.15, 0.2) is 30.6 Å². The Morgan fingerprint density at radius 2 is 2.31 bits per heavy atom. The first-order chi connectivity index (χ1) is 7.79. The molecule has 16 heavy (non-hydrogen) atoms. The van der Waals surface area contributed by atoms with Crippen LogP contribution in [0.5, 0.6) is 5.75 Å². The number of aromatic nitrogens is 3. The first-order valence-electron chi connectivity index (χ1n) is 4.96. The molecule has 0 amide bonds. The molecule has 0 radical (unpaired) electrons. The molecule has 0 aliphatic carbocycles. The number of hydrogen-bond acceptors (Lipinski definition) is 3. The SMILES string of the molecule is COc1cccc(CCn2cnnc2Cl)c1. The third kappa shape index (κ3) is 2.52. The summed E-state index contributed by atoms with van der Waals surface area (Å²) in [6, 6.07) is 7.97. The van der Waals surface area contributed by atoms with Crippen LogP contribution in [-0.4, -0.2) is 21.9 Å². The van der Waals surface area contributed by atoms with Crippen molar-refractivity contribution in [3.05, 3.63) is 41.4 Å². The van der Waals surface area contributed by atoms with E-state index in [1.54, 1.807) is 18.0 Å². The van der Waals surface area contributed by atoms with E-state index in [1.807, 2.05) is 18.2 Å². The number of aryl methyl sites for hydroxylation is 2. The lowest BCUT2D eigenvalue weighted by molar-refractivity contribution is 0.414. The van der Waals surface area contributed by atoms with Crippen LogP contribution in [-0.2, 0) is 13.0 Å². The molecule has 0 saturated heterocycles. The maximum Gasteiger partial charge on any atom is 0.224 e. The zero-order chi connectivity index (χ0) is 11.4. The highest BCUT2D eigenvalue weighted by Crippen LogP contribution is 2.14. The fourth-order valence-corrected chi connectivity index (χ4v) is 1.64. The van der Waals surface area contributed by atoms with Gasteiger partial charge in [-0.15, -0.1) is 10.2 Å². The molecule has 0 aliphatic rings. The van der Waals surface area contributed by atoms with Crippen molar-refractivity contribution in [1.82, 2.24) is 14.8 Å². The fraction of sp³-hybridized carbons (Fsp3) is 0.273. The third-order valence-electron chi connectivity index (χ3n) is 2.34. The van der Waals surface area contributed by atoms with E-state index in [1.165, 1.54) is 5.56 Å². The molecule has 1 aromatic carbocycles. The third-order valence-corrected chi connectivity index (χ3v) is 2.64. The molecular formula is C11H12ClN3O. The molecule has 0 aliphatic heterocycles. The summed E-state index contributed by atoms with van der Waals surface area (Å²) in [5, 5.41) is 7.86. The molecule has 2 aromatic rings. The number of nitrogens with zero attached hydrogens (tertiary/aromatic N) is 3. The number of ether oxygens (including phenoxy) is 1. The lowest BCUT2D eigenvalue weighted by Gasteiger charge is -2.05. The molecule has 0 fully saturated rings. The maximum atomic E-state index is 5.83. The number of hydrogen-bond donors (Lipinski definition) is 0. The number of halogens is 1. The average Bonchev–Trinajstić information content (AvgIpc) is 2.72. The summed E-state index contributed by atoms with van der Waals surface area (Å²) in [5.41, 5.74) is 1.20. The maximum absolute atomic E-state index is 5.83. The Labute approximate surface area is 98.8 Å². The number of methoxy groups -OCH3 is 1. The van der Waals surface area contributed by atoms with Gasteiger partial charge >= 0.3 is 0 Å². The standard InChI is InChI=1S/C11H12ClN3O/c1-16-10-4-2-3-9(7-10)5-6-15-8-13-14-11(15)12/h2-4,7-8H,5-6H2,1H3. The second-order valence-corrected chi connectivity index (χ2v) is 3.73. The van der Waals surface area contributed by atoms with Crippen LogP contribution < -0.4 is 4.74 Å². The van der Waals surface area contributed by atoms with Crippen LogP contribution in [0.2, 0.25) is 5.28 Å². The molecule has 2 rings (SSSR count). The first-order valence-corrected chi connectivity index (χ1v) is 5.33. The molecule has 0 bridgehead atoms. The van der Waals surface area contributed by atoms with Crippen molar-refractivity contribution < 1.29 is 4.74 Å². The van der Waals surface area contributed by atoms with Crippen molar-refractivity contribution in [3.8, 4) is 5.75 Å². The van der Waals surface area contributed by atoms with Crippen LogP contribution in [0.1, 0.15) is 5.56 Å². The molecule has 0 spiro atoms. The van der Waals surface area contributed by atoms with E-state index < -0.39 is 0 Å². The van der Waals surface area contributed by atoms with Crippen molar-refractivity contribution >= 4 is 11.6 Å². The van der Waals surface area contributed by atoms with Crippen molar-refractivity contribution in [2.75, 3.05) is 7.11 Å². The Balaban J connectivity index is 2.02. The van der Waals surface area contributed by atoms with Crippen LogP contribution in [0, 0.1) is 0 Å². The Morgan fingerprint density at radius 3 is 3.00 bits per heavy atom. The Morgan fingerprint density at radius 1 is 1.44 bits per heavy atom. The lowest BCUT2D eigenvalue weighted by Crippen LogP contribution is -2.00. The highest BCUT2D eigenvalue weighted by molar-refractivity contribution is 6.28. The molecule has 0 atom stereocenters. The van der Waals surface area contributed by atoms with Gasteiger partial charge in [-0.2, -0.15) is 0 Å². The summed E-state index contributed by atoms with van der Waals surface area (Å²) in [5.74, 6) is 0.868. The van der Waals surface area contributed by atoms with Gasteiger partial charge < -0.3 is 9.30 Å². The average molecular weight is 238 g/mol. The van der Waals surface area contributed by atoms with E-state index in [2.05, 4.69) is 16.3 Å². The highest BCUT2D eigenvalue weighted by atomic mass is 35.5. The smallest absolute Gasteiger partial charge is 0.224 e. The first kappa shape index (κ1) is 11.0.